The number of aromatic nitrogens is 2. The summed E-state index contributed by atoms with van der Waals surface area (Å²) >= 11 is 0. The molecule has 0 spiro atoms. The van der Waals surface area contributed by atoms with Gasteiger partial charge in [-0.25, -0.2) is 18.7 Å². The van der Waals surface area contributed by atoms with Crippen molar-refractivity contribution >= 4 is 5.95 Å². The highest BCUT2D eigenvalue weighted by Crippen LogP contribution is 2.28. The van der Waals surface area contributed by atoms with Crippen molar-refractivity contribution in [1.82, 2.24) is 14.9 Å². The number of hydrogen-bond acceptors (Lipinski definition) is 4. The zero-order valence-corrected chi connectivity index (χ0v) is 13.0. The fraction of sp³-hybridized carbons (Fsp3) is 0.375. The summed E-state index contributed by atoms with van der Waals surface area (Å²) in [5.74, 6) is -1.34. The smallest absolute Gasteiger partial charge is 0.350 e. The van der Waals surface area contributed by atoms with E-state index in [1.165, 1.54) is 18.2 Å². The number of anilines is 1. The van der Waals surface area contributed by atoms with Crippen LogP contribution in [0.1, 0.15) is 17.7 Å². The van der Waals surface area contributed by atoms with Crippen molar-refractivity contribution in [3.63, 3.8) is 0 Å². The number of hydrogen-bond donors (Lipinski definition) is 1. The Hall–Kier alpha value is -2.29. The van der Waals surface area contributed by atoms with Crippen molar-refractivity contribution in [3.8, 4) is 0 Å². The molecule has 2 heterocycles. The molecule has 25 heavy (non-hydrogen) atoms. The molecule has 1 aromatic heterocycles. The average molecular weight is 358 g/mol. The number of benzene rings is 1. The Kier molecular flexibility index (Phi) is 4.85. The van der Waals surface area contributed by atoms with Crippen molar-refractivity contribution in [2.75, 3.05) is 18.4 Å². The minimum absolute atomic E-state index is 0.0153. The lowest BCUT2D eigenvalue weighted by Gasteiger charge is -2.17. The van der Waals surface area contributed by atoms with Gasteiger partial charge in [0, 0.05) is 37.4 Å². The van der Waals surface area contributed by atoms with E-state index >= 15 is 0 Å². The molecule has 2 aromatic rings. The van der Waals surface area contributed by atoms with Crippen LogP contribution in [0.25, 0.3) is 0 Å². The molecule has 9 heteroatoms. The van der Waals surface area contributed by atoms with Gasteiger partial charge in [-0.2, -0.15) is 13.2 Å². The maximum Gasteiger partial charge on any atom is 0.433 e. The lowest BCUT2D eigenvalue weighted by atomic mass is 10.2. The van der Waals surface area contributed by atoms with Crippen LogP contribution < -0.4 is 5.32 Å². The Bertz CT molecular complexity index is 729. The summed E-state index contributed by atoms with van der Waals surface area (Å²) in [7, 11) is 0. The first-order chi connectivity index (χ1) is 11.8. The quantitative estimate of drug-likeness (QED) is 0.850. The van der Waals surface area contributed by atoms with Gasteiger partial charge >= 0.3 is 6.18 Å². The molecular weight excluding hydrogens is 343 g/mol. The third-order valence-electron chi connectivity index (χ3n) is 4.00. The minimum atomic E-state index is -4.54. The van der Waals surface area contributed by atoms with Gasteiger partial charge in [-0.3, -0.25) is 4.90 Å². The molecule has 4 nitrogen and oxygen atoms in total. The number of likely N-dealkylation sites (tertiary alicyclic amines) is 1. The minimum Gasteiger partial charge on any atom is -0.350 e. The summed E-state index contributed by atoms with van der Waals surface area (Å²) in [5.41, 5.74) is -1.04. The number of halogens is 5. The van der Waals surface area contributed by atoms with E-state index < -0.39 is 23.5 Å². The SMILES string of the molecule is Fc1cccc(F)c1CN1CCC(Nc2nccc(C(F)(F)F)n2)C1. The van der Waals surface area contributed by atoms with Crippen LogP contribution in [0.2, 0.25) is 0 Å². The lowest BCUT2D eigenvalue weighted by Crippen LogP contribution is -2.27. The average Bonchev–Trinajstić information content (AvgIpc) is 2.98. The molecule has 0 aliphatic carbocycles. The molecule has 0 bridgehead atoms. The van der Waals surface area contributed by atoms with Crippen LogP contribution in [0.15, 0.2) is 30.5 Å². The Morgan fingerprint density at radius 2 is 1.88 bits per heavy atom. The highest BCUT2D eigenvalue weighted by molar-refractivity contribution is 5.28. The predicted molar refractivity (Wildman–Crippen MR) is 80.7 cm³/mol. The van der Waals surface area contributed by atoms with Gasteiger partial charge in [-0.15, -0.1) is 0 Å². The van der Waals surface area contributed by atoms with Gasteiger partial charge in [0.2, 0.25) is 5.95 Å². The van der Waals surface area contributed by atoms with Gasteiger partial charge in [-0.05, 0) is 24.6 Å². The van der Waals surface area contributed by atoms with E-state index in [9.17, 15) is 22.0 Å². The van der Waals surface area contributed by atoms with Gasteiger partial charge in [0.25, 0.3) is 0 Å². The van der Waals surface area contributed by atoms with Crippen molar-refractivity contribution in [1.29, 1.82) is 0 Å². The van der Waals surface area contributed by atoms with Gasteiger partial charge in [0.05, 0.1) is 0 Å². The van der Waals surface area contributed by atoms with Crippen LogP contribution in [0.4, 0.5) is 27.9 Å². The highest BCUT2D eigenvalue weighted by Gasteiger charge is 2.33. The summed E-state index contributed by atoms with van der Waals surface area (Å²) in [6.07, 6.45) is -2.89. The van der Waals surface area contributed by atoms with Crippen LogP contribution >= 0.6 is 0 Å². The third-order valence-corrected chi connectivity index (χ3v) is 4.00. The Labute approximate surface area is 140 Å². The largest absolute Gasteiger partial charge is 0.433 e. The number of nitrogens with zero attached hydrogens (tertiary/aromatic N) is 3. The highest BCUT2D eigenvalue weighted by atomic mass is 19.4. The first kappa shape index (κ1) is 17.5. The lowest BCUT2D eigenvalue weighted by molar-refractivity contribution is -0.141. The van der Waals surface area contributed by atoms with Gasteiger partial charge in [0.15, 0.2) is 0 Å². The monoisotopic (exact) mass is 358 g/mol. The third kappa shape index (κ3) is 4.22. The fourth-order valence-electron chi connectivity index (χ4n) is 2.77. The molecule has 134 valence electrons. The topological polar surface area (TPSA) is 41.0 Å². The second-order valence-corrected chi connectivity index (χ2v) is 5.83. The number of rotatable bonds is 4. The summed E-state index contributed by atoms with van der Waals surface area (Å²) in [4.78, 5) is 9.08. The van der Waals surface area contributed by atoms with Crippen LogP contribution in [-0.2, 0) is 12.7 Å². The molecule has 1 atom stereocenters. The van der Waals surface area contributed by atoms with E-state index in [0.717, 1.165) is 12.3 Å². The maximum atomic E-state index is 13.7. The second-order valence-electron chi connectivity index (χ2n) is 5.83. The van der Waals surface area contributed by atoms with Crippen molar-refractivity contribution in [2.45, 2.75) is 25.2 Å². The van der Waals surface area contributed by atoms with Crippen LogP contribution in [0.3, 0.4) is 0 Å². The molecule has 1 N–H and O–H groups in total. The first-order valence-electron chi connectivity index (χ1n) is 7.65. The first-order valence-corrected chi connectivity index (χ1v) is 7.65. The van der Waals surface area contributed by atoms with E-state index in [1.807, 2.05) is 4.90 Å². The molecule has 1 unspecified atom stereocenters. The molecule has 3 rings (SSSR count). The maximum absolute atomic E-state index is 13.7. The molecule has 0 amide bonds. The molecule has 1 aliphatic rings. The van der Waals surface area contributed by atoms with E-state index in [0.29, 0.717) is 19.5 Å². The van der Waals surface area contributed by atoms with Crippen molar-refractivity contribution < 1.29 is 22.0 Å². The predicted octanol–water partition coefficient (Wildman–Crippen LogP) is 3.46. The number of alkyl halides is 3. The summed E-state index contributed by atoms with van der Waals surface area (Å²) in [6.45, 7) is 1.08. The van der Waals surface area contributed by atoms with E-state index in [4.69, 9.17) is 0 Å². The Morgan fingerprint density at radius 1 is 1.16 bits per heavy atom. The summed E-state index contributed by atoms with van der Waals surface area (Å²) < 4.78 is 65.4. The van der Waals surface area contributed by atoms with E-state index in [2.05, 4.69) is 15.3 Å². The molecule has 1 saturated heterocycles. The molecule has 1 fully saturated rings. The second kappa shape index (κ2) is 6.91. The van der Waals surface area contributed by atoms with Crippen molar-refractivity contribution in [2.24, 2.45) is 0 Å². The molecular formula is C16H15F5N4. The summed E-state index contributed by atoms with van der Waals surface area (Å²) in [6, 6.07) is 4.29. The van der Waals surface area contributed by atoms with Crippen LogP contribution in [0, 0.1) is 11.6 Å². The van der Waals surface area contributed by atoms with Crippen LogP contribution in [0.5, 0.6) is 0 Å². The number of nitrogens with one attached hydrogen (secondary N) is 1. The molecule has 0 radical (unpaired) electrons. The molecule has 1 aromatic carbocycles. The Balaban J connectivity index is 1.62. The van der Waals surface area contributed by atoms with Crippen LogP contribution in [-0.4, -0.2) is 34.0 Å². The van der Waals surface area contributed by atoms with E-state index in [1.54, 1.807) is 0 Å². The van der Waals surface area contributed by atoms with Crippen molar-refractivity contribution in [3.05, 3.63) is 53.4 Å². The van der Waals surface area contributed by atoms with Gasteiger partial charge < -0.3 is 5.32 Å². The molecule has 0 saturated carbocycles. The zero-order chi connectivity index (χ0) is 18.0. The Morgan fingerprint density at radius 3 is 2.56 bits per heavy atom. The fourth-order valence-corrected chi connectivity index (χ4v) is 2.77. The van der Waals surface area contributed by atoms with Gasteiger partial charge in [-0.1, -0.05) is 6.07 Å². The van der Waals surface area contributed by atoms with E-state index in [-0.39, 0.29) is 24.1 Å². The normalized spacial score (nSPS) is 18.5. The standard InChI is InChI=1S/C16H15F5N4/c17-12-2-1-3-13(18)11(12)9-25-7-5-10(8-25)23-15-22-6-4-14(24-15)16(19,20)21/h1-4,6,10H,5,7-9H2,(H,22,23,24). The zero-order valence-electron chi connectivity index (χ0n) is 13.0. The molecule has 1 aliphatic heterocycles. The van der Waals surface area contributed by atoms with Gasteiger partial charge in [0.1, 0.15) is 17.3 Å². The summed E-state index contributed by atoms with van der Waals surface area (Å²) in [5, 5.41) is 2.85.